The van der Waals surface area contributed by atoms with Crippen molar-refractivity contribution in [3.05, 3.63) is 35.4 Å². The van der Waals surface area contributed by atoms with Crippen molar-refractivity contribution in [2.24, 2.45) is 10.9 Å². The first-order chi connectivity index (χ1) is 11.1. The molecule has 1 unspecified atom stereocenters. The molecule has 1 aromatic carbocycles. The monoisotopic (exact) mass is 316 g/mol. The predicted octanol–water partition coefficient (Wildman–Crippen LogP) is 2.73. The zero-order valence-corrected chi connectivity index (χ0v) is 15.2. The van der Waals surface area contributed by atoms with E-state index in [1.807, 2.05) is 7.05 Å². The van der Waals surface area contributed by atoms with Gasteiger partial charge in [0.25, 0.3) is 0 Å². The number of aryl methyl sites for hydroxylation is 1. The molecule has 0 amide bonds. The van der Waals surface area contributed by atoms with Crippen LogP contribution in [-0.4, -0.2) is 56.0 Å². The fourth-order valence-electron chi connectivity index (χ4n) is 3.16. The lowest BCUT2D eigenvalue weighted by Gasteiger charge is -2.25. The SMILES string of the molecule is CN=C(NCC(C)CN1CCCC1)N(C)Cc1ccc(C)cc1. The van der Waals surface area contributed by atoms with E-state index in [-0.39, 0.29) is 0 Å². The van der Waals surface area contributed by atoms with Crippen molar-refractivity contribution in [1.29, 1.82) is 0 Å². The molecule has 128 valence electrons. The van der Waals surface area contributed by atoms with Crippen molar-refractivity contribution in [3.63, 3.8) is 0 Å². The van der Waals surface area contributed by atoms with Crippen molar-refractivity contribution < 1.29 is 0 Å². The van der Waals surface area contributed by atoms with E-state index in [0.717, 1.165) is 19.0 Å². The lowest BCUT2D eigenvalue weighted by atomic mass is 10.1. The van der Waals surface area contributed by atoms with Crippen molar-refractivity contribution in [2.75, 3.05) is 40.3 Å². The summed E-state index contributed by atoms with van der Waals surface area (Å²) in [5, 5.41) is 3.52. The molecule has 1 aliphatic heterocycles. The van der Waals surface area contributed by atoms with E-state index in [1.165, 1.54) is 43.6 Å². The van der Waals surface area contributed by atoms with Crippen molar-refractivity contribution >= 4 is 5.96 Å². The van der Waals surface area contributed by atoms with Gasteiger partial charge in [0.05, 0.1) is 0 Å². The smallest absolute Gasteiger partial charge is 0.193 e. The zero-order valence-electron chi connectivity index (χ0n) is 15.2. The maximum Gasteiger partial charge on any atom is 0.193 e. The molecule has 4 heteroatoms. The highest BCUT2D eigenvalue weighted by Crippen LogP contribution is 2.10. The molecule has 1 saturated heterocycles. The molecule has 0 radical (unpaired) electrons. The summed E-state index contributed by atoms with van der Waals surface area (Å²) in [5.41, 5.74) is 2.61. The lowest BCUT2D eigenvalue weighted by molar-refractivity contribution is 0.286. The van der Waals surface area contributed by atoms with Gasteiger partial charge in [0.15, 0.2) is 5.96 Å². The zero-order chi connectivity index (χ0) is 16.7. The Labute approximate surface area is 141 Å². The van der Waals surface area contributed by atoms with Crippen LogP contribution in [0.4, 0.5) is 0 Å². The average Bonchev–Trinajstić information content (AvgIpc) is 3.03. The number of hydrogen-bond donors (Lipinski definition) is 1. The van der Waals surface area contributed by atoms with Crippen LogP contribution < -0.4 is 5.32 Å². The summed E-state index contributed by atoms with van der Waals surface area (Å²) in [4.78, 5) is 9.19. The molecule has 1 atom stereocenters. The van der Waals surface area contributed by atoms with E-state index in [0.29, 0.717) is 5.92 Å². The van der Waals surface area contributed by atoms with Gasteiger partial charge in [-0.1, -0.05) is 36.8 Å². The summed E-state index contributed by atoms with van der Waals surface area (Å²) in [6.07, 6.45) is 2.72. The van der Waals surface area contributed by atoms with E-state index < -0.39 is 0 Å². The number of aliphatic imine (C=N–C) groups is 1. The molecule has 0 aliphatic carbocycles. The third-order valence-corrected chi connectivity index (χ3v) is 4.49. The van der Waals surface area contributed by atoms with Crippen LogP contribution >= 0.6 is 0 Å². The molecular formula is C19H32N4. The molecule has 1 aliphatic rings. The van der Waals surface area contributed by atoms with Gasteiger partial charge in [0, 0.05) is 33.7 Å². The molecule has 23 heavy (non-hydrogen) atoms. The number of rotatable bonds is 6. The molecule has 0 bridgehead atoms. The Bertz CT molecular complexity index is 489. The van der Waals surface area contributed by atoms with Gasteiger partial charge in [-0.2, -0.15) is 0 Å². The average molecular weight is 316 g/mol. The Morgan fingerprint density at radius 2 is 1.91 bits per heavy atom. The minimum Gasteiger partial charge on any atom is -0.356 e. The van der Waals surface area contributed by atoms with E-state index in [4.69, 9.17) is 0 Å². The fraction of sp³-hybridized carbons (Fsp3) is 0.632. The fourth-order valence-corrected chi connectivity index (χ4v) is 3.16. The van der Waals surface area contributed by atoms with Gasteiger partial charge in [-0.15, -0.1) is 0 Å². The minimum absolute atomic E-state index is 0.637. The summed E-state index contributed by atoms with van der Waals surface area (Å²) in [6.45, 7) is 10.0. The Morgan fingerprint density at radius 1 is 1.26 bits per heavy atom. The van der Waals surface area contributed by atoms with Crippen LogP contribution in [0.2, 0.25) is 0 Å². The van der Waals surface area contributed by atoms with Gasteiger partial charge in [0.1, 0.15) is 0 Å². The molecule has 2 rings (SSSR count). The Hall–Kier alpha value is -1.55. The topological polar surface area (TPSA) is 30.9 Å². The van der Waals surface area contributed by atoms with Crippen LogP contribution in [0, 0.1) is 12.8 Å². The minimum atomic E-state index is 0.637. The number of guanidine groups is 1. The van der Waals surface area contributed by atoms with Crippen molar-refractivity contribution in [1.82, 2.24) is 15.1 Å². The van der Waals surface area contributed by atoms with Gasteiger partial charge >= 0.3 is 0 Å². The first kappa shape index (κ1) is 17.8. The number of hydrogen-bond acceptors (Lipinski definition) is 2. The molecule has 0 aromatic heterocycles. The highest BCUT2D eigenvalue weighted by molar-refractivity contribution is 5.79. The molecule has 1 aromatic rings. The maximum atomic E-state index is 4.42. The number of likely N-dealkylation sites (tertiary alicyclic amines) is 1. The normalized spacial score (nSPS) is 17.3. The molecular weight excluding hydrogens is 284 g/mol. The molecule has 0 spiro atoms. The number of benzene rings is 1. The Balaban J connectivity index is 1.78. The van der Waals surface area contributed by atoms with Crippen LogP contribution in [0.25, 0.3) is 0 Å². The van der Waals surface area contributed by atoms with Crippen LogP contribution in [0.3, 0.4) is 0 Å². The van der Waals surface area contributed by atoms with Gasteiger partial charge in [-0.05, 0) is 44.3 Å². The summed E-state index contributed by atoms with van der Waals surface area (Å²) in [6, 6.07) is 8.71. The highest BCUT2D eigenvalue weighted by atomic mass is 15.3. The van der Waals surface area contributed by atoms with Gasteiger partial charge in [-0.25, -0.2) is 0 Å². The van der Waals surface area contributed by atoms with E-state index >= 15 is 0 Å². The third kappa shape index (κ3) is 5.87. The van der Waals surface area contributed by atoms with Crippen molar-refractivity contribution in [3.8, 4) is 0 Å². The van der Waals surface area contributed by atoms with Crippen LogP contribution in [0.1, 0.15) is 30.9 Å². The Kier molecular flexibility index (Phi) is 6.90. The summed E-state index contributed by atoms with van der Waals surface area (Å²) in [7, 11) is 3.96. The number of nitrogens with zero attached hydrogens (tertiary/aromatic N) is 3. The van der Waals surface area contributed by atoms with Gasteiger partial charge in [0.2, 0.25) is 0 Å². The third-order valence-electron chi connectivity index (χ3n) is 4.49. The summed E-state index contributed by atoms with van der Waals surface area (Å²) < 4.78 is 0. The predicted molar refractivity (Wildman–Crippen MR) is 98.8 cm³/mol. The largest absolute Gasteiger partial charge is 0.356 e. The van der Waals surface area contributed by atoms with E-state index in [9.17, 15) is 0 Å². The van der Waals surface area contributed by atoms with Crippen LogP contribution in [0.15, 0.2) is 29.3 Å². The lowest BCUT2D eigenvalue weighted by Crippen LogP contribution is -2.42. The Morgan fingerprint density at radius 3 is 2.52 bits per heavy atom. The second-order valence-corrected chi connectivity index (χ2v) is 6.88. The molecule has 1 fully saturated rings. The van der Waals surface area contributed by atoms with Gasteiger partial charge in [-0.3, -0.25) is 4.99 Å². The molecule has 1 heterocycles. The maximum absolute atomic E-state index is 4.42. The molecule has 0 saturated carbocycles. The number of nitrogens with one attached hydrogen (secondary N) is 1. The van der Waals surface area contributed by atoms with E-state index in [1.54, 1.807) is 0 Å². The molecule has 4 nitrogen and oxygen atoms in total. The second-order valence-electron chi connectivity index (χ2n) is 6.88. The first-order valence-electron chi connectivity index (χ1n) is 8.78. The summed E-state index contributed by atoms with van der Waals surface area (Å²) >= 11 is 0. The van der Waals surface area contributed by atoms with Crippen LogP contribution in [-0.2, 0) is 6.54 Å². The second kappa shape index (κ2) is 8.92. The first-order valence-corrected chi connectivity index (χ1v) is 8.78. The summed E-state index contributed by atoms with van der Waals surface area (Å²) in [5.74, 6) is 1.61. The quantitative estimate of drug-likeness (QED) is 0.647. The highest BCUT2D eigenvalue weighted by Gasteiger charge is 2.15. The van der Waals surface area contributed by atoms with Gasteiger partial charge < -0.3 is 15.1 Å². The van der Waals surface area contributed by atoms with E-state index in [2.05, 4.69) is 65.3 Å². The van der Waals surface area contributed by atoms with Crippen molar-refractivity contribution in [2.45, 2.75) is 33.2 Å². The molecule has 1 N–H and O–H groups in total. The standard InChI is InChI=1S/C19H32N4/c1-16-7-9-18(10-8-16)15-22(4)19(20-3)21-13-17(2)14-23-11-5-6-12-23/h7-10,17H,5-6,11-15H2,1-4H3,(H,20,21). The van der Waals surface area contributed by atoms with Crippen LogP contribution in [0.5, 0.6) is 0 Å².